The highest BCUT2D eigenvalue weighted by molar-refractivity contribution is 7.93. The number of hydrogen-bond donors (Lipinski definition) is 2. The van der Waals surface area contributed by atoms with Crippen molar-refractivity contribution in [3.63, 3.8) is 0 Å². The Hall–Kier alpha value is -1.67. The van der Waals surface area contributed by atoms with E-state index in [-0.39, 0.29) is 21.3 Å². The predicted octanol–water partition coefficient (Wildman–Crippen LogP) is 1.97. The highest BCUT2D eigenvalue weighted by Gasteiger charge is 2.18. The Morgan fingerprint density at radius 2 is 2.17 bits per heavy atom. The zero-order chi connectivity index (χ0) is 13.3. The van der Waals surface area contributed by atoms with Crippen LogP contribution in [0.4, 0.5) is 15.2 Å². The summed E-state index contributed by atoms with van der Waals surface area (Å²) in [7, 11) is -3.79. The number of anilines is 2. The quantitative estimate of drug-likeness (QED) is 0.845. The van der Waals surface area contributed by atoms with Crippen LogP contribution in [0, 0.1) is 12.7 Å². The Labute approximate surface area is 108 Å². The van der Waals surface area contributed by atoms with Crippen molar-refractivity contribution in [1.82, 2.24) is 4.98 Å². The molecule has 0 radical (unpaired) electrons. The first-order valence-electron chi connectivity index (χ1n) is 4.88. The molecule has 96 valence electrons. The van der Waals surface area contributed by atoms with Crippen molar-refractivity contribution in [2.24, 2.45) is 0 Å². The topological polar surface area (TPSA) is 85.1 Å². The van der Waals surface area contributed by atoms with E-state index >= 15 is 0 Å². The van der Waals surface area contributed by atoms with Crippen LogP contribution in [0.15, 0.2) is 28.6 Å². The SMILES string of the molecule is Cc1cc(S(=O)(=O)Nc2nccs2)cc(N)c1F. The van der Waals surface area contributed by atoms with Crippen LogP contribution in [0.5, 0.6) is 0 Å². The normalized spacial score (nSPS) is 11.4. The van der Waals surface area contributed by atoms with Gasteiger partial charge in [-0.15, -0.1) is 11.3 Å². The van der Waals surface area contributed by atoms with Gasteiger partial charge in [-0.3, -0.25) is 4.72 Å². The van der Waals surface area contributed by atoms with E-state index in [0.717, 1.165) is 17.4 Å². The highest BCUT2D eigenvalue weighted by Crippen LogP contribution is 2.23. The van der Waals surface area contributed by atoms with Crippen molar-refractivity contribution in [1.29, 1.82) is 0 Å². The van der Waals surface area contributed by atoms with Crippen molar-refractivity contribution >= 4 is 32.2 Å². The molecule has 0 bridgehead atoms. The Morgan fingerprint density at radius 1 is 1.44 bits per heavy atom. The van der Waals surface area contributed by atoms with E-state index in [2.05, 4.69) is 9.71 Å². The van der Waals surface area contributed by atoms with Gasteiger partial charge in [-0.1, -0.05) is 0 Å². The lowest BCUT2D eigenvalue weighted by Gasteiger charge is -2.08. The van der Waals surface area contributed by atoms with Crippen LogP contribution in [0.1, 0.15) is 5.56 Å². The molecule has 0 fully saturated rings. The van der Waals surface area contributed by atoms with Crippen LogP contribution in [0.2, 0.25) is 0 Å². The van der Waals surface area contributed by atoms with E-state index in [1.165, 1.54) is 19.2 Å². The summed E-state index contributed by atoms with van der Waals surface area (Å²) in [6.45, 7) is 1.45. The standard InChI is InChI=1S/C10H10FN3O2S2/c1-6-4-7(5-8(12)9(6)11)18(15,16)14-10-13-2-3-17-10/h2-5H,12H2,1H3,(H,13,14). The number of aromatic nitrogens is 1. The van der Waals surface area contributed by atoms with Gasteiger partial charge in [0, 0.05) is 11.6 Å². The summed E-state index contributed by atoms with van der Waals surface area (Å²) in [6, 6.07) is 2.31. The fourth-order valence-electron chi connectivity index (χ4n) is 1.37. The fraction of sp³-hybridized carbons (Fsp3) is 0.100. The van der Waals surface area contributed by atoms with Crippen LogP contribution in [0.25, 0.3) is 0 Å². The molecule has 3 N–H and O–H groups in total. The van der Waals surface area contributed by atoms with Crippen molar-refractivity contribution in [2.75, 3.05) is 10.5 Å². The number of nitrogen functional groups attached to an aromatic ring is 1. The second-order valence-corrected chi connectivity index (χ2v) is 6.16. The number of aryl methyl sites for hydroxylation is 1. The monoisotopic (exact) mass is 287 g/mol. The summed E-state index contributed by atoms with van der Waals surface area (Å²) < 4.78 is 39.6. The van der Waals surface area contributed by atoms with E-state index in [4.69, 9.17) is 5.73 Å². The maximum atomic E-state index is 13.3. The second kappa shape index (κ2) is 4.54. The van der Waals surface area contributed by atoms with Gasteiger partial charge in [0.1, 0.15) is 5.82 Å². The molecule has 2 aromatic rings. The van der Waals surface area contributed by atoms with Gasteiger partial charge in [-0.05, 0) is 24.6 Å². The van der Waals surface area contributed by atoms with Crippen molar-refractivity contribution in [3.05, 3.63) is 35.1 Å². The lowest BCUT2D eigenvalue weighted by atomic mass is 10.2. The molecule has 5 nitrogen and oxygen atoms in total. The summed E-state index contributed by atoms with van der Waals surface area (Å²) in [4.78, 5) is 3.72. The molecule has 0 unspecified atom stereocenters. The summed E-state index contributed by atoms with van der Waals surface area (Å²) >= 11 is 1.15. The van der Waals surface area contributed by atoms with Gasteiger partial charge < -0.3 is 5.73 Å². The number of benzene rings is 1. The molecule has 18 heavy (non-hydrogen) atoms. The van der Waals surface area contributed by atoms with Crippen LogP contribution in [0.3, 0.4) is 0 Å². The third-order valence-electron chi connectivity index (χ3n) is 2.22. The summed E-state index contributed by atoms with van der Waals surface area (Å²) in [5.74, 6) is -0.608. The van der Waals surface area contributed by atoms with Gasteiger partial charge in [-0.25, -0.2) is 17.8 Å². The molecular formula is C10H10FN3O2S2. The molecule has 0 amide bonds. The fourth-order valence-corrected chi connectivity index (χ4v) is 3.27. The number of halogens is 1. The van der Waals surface area contributed by atoms with E-state index < -0.39 is 15.8 Å². The van der Waals surface area contributed by atoms with Gasteiger partial charge in [0.2, 0.25) is 0 Å². The molecular weight excluding hydrogens is 277 g/mol. The number of nitrogens with two attached hydrogens (primary N) is 1. The third kappa shape index (κ3) is 2.44. The van der Waals surface area contributed by atoms with E-state index in [0.29, 0.717) is 0 Å². The molecule has 1 aromatic carbocycles. The number of thiazole rings is 1. The molecule has 0 aliphatic carbocycles. The van der Waals surface area contributed by atoms with Gasteiger partial charge in [-0.2, -0.15) is 0 Å². The second-order valence-electron chi connectivity index (χ2n) is 3.59. The molecule has 0 aliphatic heterocycles. The Balaban J connectivity index is 2.42. The lowest BCUT2D eigenvalue weighted by Crippen LogP contribution is -2.13. The first-order chi connectivity index (χ1) is 8.40. The van der Waals surface area contributed by atoms with Gasteiger partial charge in [0.05, 0.1) is 10.6 Å². The minimum absolute atomic E-state index is 0.0888. The van der Waals surface area contributed by atoms with Crippen molar-refractivity contribution in [3.8, 4) is 0 Å². The summed E-state index contributed by atoms with van der Waals surface area (Å²) in [5, 5.41) is 1.89. The highest BCUT2D eigenvalue weighted by atomic mass is 32.2. The van der Waals surface area contributed by atoms with Crippen LogP contribution < -0.4 is 10.5 Å². The molecule has 0 saturated heterocycles. The molecule has 0 atom stereocenters. The maximum absolute atomic E-state index is 13.3. The molecule has 0 saturated carbocycles. The van der Waals surface area contributed by atoms with E-state index in [9.17, 15) is 12.8 Å². The van der Waals surface area contributed by atoms with Crippen molar-refractivity contribution < 1.29 is 12.8 Å². The van der Waals surface area contributed by atoms with E-state index in [1.54, 1.807) is 5.38 Å². The average Bonchev–Trinajstić information content (AvgIpc) is 2.77. The number of nitrogens with one attached hydrogen (secondary N) is 1. The van der Waals surface area contributed by atoms with Gasteiger partial charge in [0.15, 0.2) is 5.13 Å². The number of hydrogen-bond acceptors (Lipinski definition) is 5. The predicted molar refractivity (Wildman–Crippen MR) is 68.5 cm³/mol. The molecule has 2 rings (SSSR count). The Kier molecular flexibility index (Phi) is 3.22. The molecule has 0 spiro atoms. The number of sulfonamides is 1. The molecule has 1 heterocycles. The smallest absolute Gasteiger partial charge is 0.263 e. The number of rotatable bonds is 3. The number of nitrogens with zero attached hydrogens (tertiary/aromatic N) is 1. The zero-order valence-electron chi connectivity index (χ0n) is 9.34. The van der Waals surface area contributed by atoms with Gasteiger partial charge in [0.25, 0.3) is 10.0 Å². The average molecular weight is 287 g/mol. The zero-order valence-corrected chi connectivity index (χ0v) is 11.0. The third-order valence-corrected chi connectivity index (χ3v) is 4.36. The van der Waals surface area contributed by atoms with Crippen LogP contribution in [-0.2, 0) is 10.0 Å². The minimum Gasteiger partial charge on any atom is -0.396 e. The summed E-state index contributed by atoms with van der Waals surface area (Å²) in [5.41, 5.74) is 5.39. The first kappa shape index (κ1) is 12.8. The Morgan fingerprint density at radius 3 is 2.72 bits per heavy atom. The Bertz CT molecular complexity index is 645. The van der Waals surface area contributed by atoms with Crippen LogP contribution in [-0.4, -0.2) is 13.4 Å². The van der Waals surface area contributed by atoms with Crippen LogP contribution >= 0.6 is 11.3 Å². The van der Waals surface area contributed by atoms with Gasteiger partial charge >= 0.3 is 0 Å². The maximum Gasteiger partial charge on any atom is 0.263 e. The largest absolute Gasteiger partial charge is 0.396 e. The minimum atomic E-state index is -3.79. The lowest BCUT2D eigenvalue weighted by molar-refractivity contribution is 0.599. The van der Waals surface area contributed by atoms with Crippen molar-refractivity contribution in [2.45, 2.75) is 11.8 Å². The molecule has 8 heteroatoms. The molecule has 0 aliphatic rings. The van der Waals surface area contributed by atoms with E-state index in [1.807, 2.05) is 0 Å². The molecule has 1 aromatic heterocycles. The summed E-state index contributed by atoms with van der Waals surface area (Å²) in [6.07, 6.45) is 1.48. The first-order valence-corrected chi connectivity index (χ1v) is 7.24.